The van der Waals surface area contributed by atoms with Crippen molar-refractivity contribution < 1.29 is 27.9 Å². The van der Waals surface area contributed by atoms with E-state index in [-0.39, 0.29) is 22.7 Å². The van der Waals surface area contributed by atoms with Crippen molar-refractivity contribution in [2.24, 2.45) is 5.41 Å². The van der Waals surface area contributed by atoms with Gasteiger partial charge in [-0.2, -0.15) is 0 Å². The zero-order valence-corrected chi connectivity index (χ0v) is 25.1. The van der Waals surface area contributed by atoms with E-state index in [0.717, 1.165) is 22.4 Å². The van der Waals surface area contributed by atoms with E-state index in [2.05, 4.69) is 35.5 Å². The number of sulfonamides is 1. The number of amides is 1. The number of carbonyl (C=O) groups excluding carboxylic acids is 1. The van der Waals surface area contributed by atoms with Crippen LogP contribution >= 0.6 is 0 Å². The maximum atomic E-state index is 13.3. The van der Waals surface area contributed by atoms with Gasteiger partial charge in [-0.25, -0.2) is 27.9 Å². The summed E-state index contributed by atoms with van der Waals surface area (Å²) in [4.78, 5) is 33.9. The fourth-order valence-corrected chi connectivity index (χ4v) is 5.23. The van der Waals surface area contributed by atoms with Gasteiger partial charge in [0.25, 0.3) is 10.0 Å². The maximum Gasteiger partial charge on any atom is 0.416 e. The number of anilines is 1. The number of nitrogens with one attached hydrogen (secondary N) is 1. The molecule has 2 aromatic heterocycles. The summed E-state index contributed by atoms with van der Waals surface area (Å²) in [5, 5.41) is 9.31. The summed E-state index contributed by atoms with van der Waals surface area (Å²) in [6, 6.07) is 16.3. The molecule has 0 aliphatic rings. The number of carbonyl (C=O) groups is 2. The number of ether oxygens (including phenoxy) is 1. The number of aliphatic carboxylic acids is 1. The Kier molecular flexibility index (Phi) is 9.88. The highest BCUT2D eigenvalue weighted by atomic mass is 32.2. The lowest BCUT2D eigenvalue weighted by Gasteiger charge is -2.26. The van der Waals surface area contributed by atoms with Gasteiger partial charge in [-0.05, 0) is 74.4 Å². The molecular formula is C30H38N4O6S. The number of carboxylic acid groups (broad SMARTS) is 1. The minimum atomic E-state index is -4.05. The summed E-state index contributed by atoms with van der Waals surface area (Å²) >= 11 is 0. The van der Waals surface area contributed by atoms with Gasteiger partial charge in [0.1, 0.15) is 18.0 Å². The van der Waals surface area contributed by atoms with Crippen molar-refractivity contribution >= 4 is 27.9 Å². The number of aromatic nitrogens is 2. The van der Waals surface area contributed by atoms with Gasteiger partial charge in [-0.15, -0.1) is 0 Å². The zero-order chi connectivity index (χ0) is 30.4. The van der Waals surface area contributed by atoms with E-state index in [0.29, 0.717) is 5.69 Å². The molecule has 2 heterocycles. The number of rotatable bonds is 10. The van der Waals surface area contributed by atoms with Crippen LogP contribution in [-0.2, 0) is 32.4 Å². The van der Waals surface area contributed by atoms with Crippen LogP contribution in [0.3, 0.4) is 0 Å². The minimum absolute atomic E-state index is 0.0155. The molecule has 1 unspecified atom stereocenters. The Balaban J connectivity index is 2.01. The van der Waals surface area contributed by atoms with Gasteiger partial charge in [0.2, 0.25) is 0 Å². The molecule has 0 fully saturated rings. The van der Waals surface area contributed by atoms with Crippen molar-refractivity contribution in [2.75, 3.05) is 11.4 Å². The summed E-state index contributed by atoms with van der Waals surface area (Å²) in [6.45, 7) is 10.8. The van der Waals surface area contributed by atoms with Crippen LogP contribution in [0.4, 0.5) is 10.6 Å². The minimum Gasteiger partial charge on any atom is -0.480 e. The lowest BCUT2D eigenvalue weighted by atomic mass is 9.87. The molecule has 1 atom stereocenters. The number of nitrogens with zero attached hydrogens (tertiary/aromatic N) is 3. The molecule has 1 amide bonds. The molecule has 0 spiro atoms. The van der Waals surface area contributed by atoms with Crippen LogP contribution in [0.15, 0.2) is 71.9 Å². The van der Waals surface area contributed by atoms with Gasteiger partial charge in [0.15, 0.2) is 5.03 Å². The Bertz CT molecular complexity index is 1450. The lowest BCUT2D eigenvalue weighted by Crippen LogP contribution is -2.40. The van der Waals surface area contributed by atoms with E-state index in [1.165, 1.54) is 18.3 Å². The number of benzene rings is 1. The Morgan fingerprint density at radius 2 is 1.61 bits per heavy atom. The zero-order valence-electron chi connectivity index (χ0n) is 24.3. The third-order valence-corrected chi connectivity index (χ3v) is 7.09. The summed E-state index contributed by atoms with van der Waals surface area (Å²) in [7, 11) is -4.05. The molecule has 0 saturated carbocycles. The molecule has 220 valence electrons. The normalized spacial score (nSPS) is 12.9. The molecule has 10 nitrogen and oxygen atoms in total. The smallest absolute Gasteiger partial charge is 0.416 e. The molecule has 41 heavy (non-hydrogen) atoms. The third-order valence-electron chi connectivity index (χ3n) is 5.70. The van der Waals surface area contributed by atoms with Gasteiger partial charge in [0, 0.05) is 6.20 Å². The largest absolute Gasteiger partial charge is 0.480 e. The summed E-state index contributed by atoms with van der Waals surface area (Å²) in [5.41, 5.74) is 1.56. The molecule has 11 heteroatoms. The first-order valence-electron chi connectivity index (χ1n) is 13.2. The second-order valence-electron chi connectivity index (χ2n) is 12.0. The number of carboxylic acids is 1. The molecule has 1 aromatic carbocycles. The molecular weight excluding hydrogens is 544 g/mol. The van der Waals surface area contributed by atoms with E-state index < -0.39 is 40.3 Å². The molecule has 2 N–H and O–H groups in total. The fraction of sp³-hybridized carbons (Fsp3) is 0.400. The Labute approximate surface area is 241 Å². The third kappa shape index (κ3) is 9.94. The maximum absolute atomic E-state index is 13.3. The van der Waals surface area contributed by atoms with E-state index in [1.807, 2.05) is 24.3 Å². The number of pyridine rings is 2. The molecule has 3 aromatic rings. The second-order valence-corrected chi connectivity index (χ2v) is 13.6. The topological polar surface area (TPSA) is 139 Å². The second kappa shape index (κ2) is 12.8. The Morgan fingerprint density at radius 1 is 0.951 bits per heavy atom. The average molecular weight is 583 g/mol. The summed E-state index contributed by atoms with van der Waals surface area (Å²) < 4.78 is 34.7. The summed E-state index contributed by atoms with van der Waals surface area (Å²) in [5.74, 6) is -1.24. The Morgan fingerprint density at radius 3 is 2.17 bits per heavy atom. The highest BCUT2D eigenvalue weighted by molar-refractivity contribution is 7.89. The van der Waals surface area contributed by atoms with Crippen LogP contribution in [0.25, 0.3) is 0 Å². The highest BCUT2D eigenvalue weighted by Gasteiger charge is 2.28. The standard InChI is InChI=1S/C30H38N4O6S/c1-29(2,3)19-22-15-13-21(14-16-22)18-24(33-41(38,39)26-12-7-8-17-31-26)23-10-9-11-25(32-23)34(20-27(35)36)28(37)40-30(4,5)6/h7-17,24,33H,18-20H2,1-6H3,(H,35,36). The Hall–Kier alpha value is -3.83. The highest BCUT2D eigenvalue weighted by Crippen LogP contribution is 2.25. The van der Waals surface area contributed by atoms with Crippen molar-refractivity contribution in [1.29, 1.82) is 0 Å². The van der Waals surface area contributed by atoms with Crippen molar-refractivity contribution in [2.45, 2.75) is 71.1 Å². The van der Waals surface area contributed by atoms with Crippen LogP contribution in [0, 0.1) is 5.41 Å². The van der Waals surface area contributed by atoms with Gasteiger partial charge in [-0.3, -0.25) is 9.69 Å². The monoisotopic (exact) mass is 582 g/mol. The predicted molar refractivity (Wildman–Crippen MR) is 156 cm³/mol. The molecule has 0 saturated heterocycles. The fourth-order valence-electron chi connectivity index (χ4n) is 4.08. The van der Waals surface area contributed by atoms with E-state index >= 15 is 0 Å². The molecule has 3 rings (SSSR count). The van der Waals surface area contributed by atoms with Gasteiger partial charge in [0.05, 0.1) is 11.7 Å². The van der Waals surface area contributed by atoms with Gasteiger partial charge >= 0.3 is 12.1 Å². The van der Waals surface area contributed by atoms with E-state index in [9.17, 15) is 23.1 Å². The first-order chi connectivity index (χ1) is 19.0. The quantitative estimate of drug-likeness (QED) is 0.335. The lowest BCUT2D eigenvalue weighted by molar-refractivity contribution is -0.135. The van der Waals surface area contributed by atoms with Crippen molar-refractivity contribution in [3.8, 4) is 0 Å². The number of hydrogen-bond donors (Lipinski definition) is 2. The van der Waals surface area contributed by atoms with E-state index in [1.54, 1.807) is 45.0 Å². The first kappa shape index (κ1) is 31.7. The molecule has 0 aliphatic heterocycles. The SMILES string of the molecule is CC(C)(C)Cc1ccc(CC(NS(=O)(=O)c2ccccn2)c2cccc(N(CC(=O)O)C(=O)OC(C)(C)C)n2)cc1. The predicted octanol–water partition coefficient (Wildman–Crippen LogP) is 5.15. The molecule has 0 radical (unpaired) electrons. The molecule has 0 aliphatic carbocycles. The first-order valence-corrected chi connectivity index (χ1v) is 14.7. The van der Waals surface area contributed by atoms with Gasteiger partial charge in [-0.1, -0.05) is 57.2 Å². The van der Waals surface area contributed by atoms with Crippen LogP contribution in [0.2, 0.25) is 0 Å². The van der Waals surface area contributed by atoms with Crippen LogP contribution < -0.4 is 9.62 Å². The van der Waals surface area contributed by atoms with Crippen molar-refractivity contribution in [1.82, 2.24) is 14.7 Å². The van der Waals surface area contributed by atoms with E-state index in [4.69, 9.17) is 4.74 Å². The molecule has 0 bridgehead atoms. The van der Waals surface area contributed by atoms with Crippen LogP contribution in [0.1, 0.15) is 64.4 Å². The van der Waals surface area contributed by atoms with Crippen molar-refractivity contribution in [3.05, 3.63) is 83.7 Å². The van der Waals surface area contributed by atoms with Crippen molar-refractivity contribution in [3.63, 3.8) is 0 Å². The average Bonchev–Trinajstić information content (AvgIpc) is 2.86. The van der Waals surface area contributed by atoms with Crippen LogP contribution in [0.5, 0.6) is 0 Å². The summed E-state index contributed by atoms with van der Waals surface area (Å²) in [6.07, 6.45) is 1.63. The van der Waals surface area contributed by atoms with Gasteiger partial charge < -0.3 is 9.84 Å². The number of hydrogen-bond acceptors (Lipinski definition) is 7. The van der Waals surface area contributed by atoms with Crippen LogP contribution in [-0.4, -0.2) is 47.7 Å².